The first-order valence-corrected chi connectivity index (χ1v) is 8.32. The molecular formula is C17H22FN3O2. The zero-order chi connectivity index (χ0) is 16.2. The van der Waals surface area contributed by atoms with Gasteiger partial charge in [0.25, 0.3) is 0 Å². The molecule has 2 N–H and O–H groups in total. The SMILES string of the molecule is O=C1CCc2cc(NC(=O)N3CCCCCCC3)c(F)cc2N1. The fraction of sp³-hybridized carbons (Fsp3) is 0.529. The highest BCUT2D eigenvalue weighted by Crippen LogP contribution is 2.28. The lowest BCUT2D eigenvalue weighted by Gasteiger charge is -2.25. The highest BCUT2D eigenvalue weighted by atomic mass is 19.1. The van der Waals surface area contributed by atoms with E-state index in [9.17, 15) is 14.0 Å². The van der Waals surface area contributed by atoms with Crippen molar-refractivity contribution < 1.29 is 14.0 Å². The molecule has 0 atom stereocenters. The van der Waals surface area contributed by atoms with Crippen molar-refractivity contribution in [3.05, 3.63) is 23.5 Å². The summed E-state index contributed by atoms with van der Waals surface area (Å²) in [6, 6.07) is 2.67. The molecule has 6 heteroatoms. The summed E-state index contributed by atoms with van der Waals surface area (Å²) >= 11 is 0. The van der Waals surface area contributed by atoms with Crippen molar-refractivity contribution in [3.63, 3.8) is 0 Å². The molecule has 0 aliphatic carbocycles. The van der Waals surface area contributed by atoms with Crippen LogP contribution < -0.4 is 10.6 Å². The first-order chi connectivity index (χ1) is 11.1. The Bertz CT molecular complexity index is 610. The van der Waals surface area contributed by atoms with Gasteiger partial charge >= 0.3 is 6.03 Å². The fourth-order valence-electron chi connectivity index (χ4n) is 3.14. The molecular weight excluding hydrogens is 297 g/mol. The monoisotopic (exact) mass is 319 g/mol. The number of rotatable bonds is 1. The second kappa shape index (κ2) is 6.98. The van der Waals surface area contributed by atoms with E-state index >= 15 is 0 Å². The molecule has 3 rings (SSSR count). The molecule has 23 heavy (non-hydrogen) atoms. The van der Waals surface area contributed by atoms with Gasteiger partial charge in [-0.25, -0.2) is 9.18 Å². The molecule has 1 aromatic rings. The number of aryl methyl sites for hydroxylation is 1. The van der Waals surface area contributed by atoms with E-state index in [0.29, 0.717) is 31.6 Å². The van der Waals surface area contributed by atoms with Gasteiger partial charge in [0.05, 0.1) is 5.69 Å². The molecule has 3 amide bonds. The second-order valence-corrected chi connectivity index (χ2v) is 6.22. The van der Waals surface area contributed by atoms with Crippen LogP contribution in [0.5, 0.6) is 0 Å². The minimum atomic E-state index is -0.522. The van der Waals surface area contributed by atoms with Crippen LogP contribution in [0.3, 0.4) is 0 Å². The lowest BCUT2D eigenvalue weighted by atomic mass is 10.0. The maximum absolute atomic E-state index is 14.2. The van der Waals surface area contributed by atoms with E-state index in [-0.39, 0.29) is 17.6 Å². The Morgan fingerprint density at radius 2 is 1.78 bits per heavy atom. The van der Waals surface area contributed by atoms with E-state index in [1.807, 2.05) is 0 Å². The molecule has 0 bridgehead atoms. The summed E-state index contributed by atoms with van der Waals surface area (Å²) in [5, 5.41) is 5.35. The largest absolute Gasteiger partial charge is 0.326 e. The number of amides is 3. The number of benzene rings is 1. The van der Waals surface area contributed by atoms with Crippen LogP contribution in [0.4, 0.5) is 20.6 Å². The summed E-state index contributed by atoms with van der Waals surface area (Å²) in [5.41, 5.74) is 1.55. The zero-order valence-corrected chi connectivity index (χ0v) is 13.2. The van der Waals surface area contributed by atoms with Gasteiger partial charge in [-0.05, 0) is 37.0 Å². The van der Waals surface area contributed by atoms with Crippen molar-refractivity contribution in [2.45, 2.75) is 44.9 Å². The molecule has 0 aromatic heterocycles. The lowest BCUT2D eigenvalue weighted by molar-refractivity contribution is -0.116. The Balaban J connectivity index is 1.71. The number of nitrogens with one attached hydrogen (secondary N) is 2. The van der Waals surface area contributed by atoms with E-state index in [0.717, 1.165) is 31.2 Å². The van der Waals surface area contributed by atoms with Gasteiger partial charge < -0.3 is 15.5 Å². The Morgan fingerprint density at radius 1 is 1.09 bits per heavy atom. The first kappa shape index (κ1) is 15.8. The van der Waals surface area contributed by atoms with E-state index in [1.165, 1.54) is 12.5 Å². The van der Waals surface area contributed by atoms with Gasteiger partial charge in [0.1, 0.15) is 5.82 Å². The van der Waals surface area contributed by atoms with Crippen molar-refractivity contribution in [3.8, 4) is 0 Å². The van der Waals surface area contributed by atoms with Crippen LogP contribution in [0.2, 0.25) is 0 Å². The van der Waals surface area contributed by atoms with Gasteiger partial charge in [0.2, 0.25) is 5.91 Å². The van der Waals surface area contributed by atoms with Gasteiger partial charge in [-0.1, -0.05) is 19.3 Å². The van der Waals surface area contributed by atoms with Crippen molar-refractivity contribution in [1.82, 2.24) is 4.90 Å². The lowest BCUT2D eigenvalue weighted by Crippen LogP contribution is -2.37. The molecule has 5 nitrogen and oxygen atoms in total. The highest BCUT2D eigenvalue weighted by Gasteiger charge is 2.20. The molecule has 1 fully saturated rings. The zero-order valence-electron chi connectivity index (χ0n) is 13.2. The Kier molecular flexibility index (Phi) is 4.79. The van der Waals surface area contributed by atoms with Crippen LogP contribution in [0.15, 0.2) is 12.1 Å². The third kappa shape index (κ3) is 3.81. The van der Waals surface area contributed by atoms with E-state index in [4.69, 9.17) is 0 Å². The predicted octanol–water partition coefficient (Wildman–Crippen LogP) is 3.51. The quantitative estimate of drug-likeness (QED) is 0.832. The van der Waals surface area contributed by atoms with E-state index in [2.05, 4.69) is 10.6 Å². The van der Waals surface area contributed by atoms with Crippen molar-refractivity contribution in [2.75, 3.05) is 23.7 Å². The number of urea groups is 1. The minimum Gasteiger partial charge on any atom is -0.326 e. The Morgan fingerprint density at radius 3 is 2.52 bits per heavy atom. The number of carbonyl (C=O) groups is 2. The van der Waals surface area contributed by atoms with Crippen LogP contribution in [0.25, 0.3) is 0 Å². The third-order valence-corrected chi connectivity index (χ3v) is 4.47. The summed E-state index contributed by atoms with van der Waals surface area (Å²) in [4.78, 5) is 25.5. The van der Waals surface area contributed by atoms with Crippen LogP contribution in [-0.2, 0) is 11.2 Å². The maximum Gasteiger partial charge on any atom is 0.321 e. The molecule has 0 unspecified atom stereocenters. The smallest absolute Gasteiger partial charge is 0.321 e. The van der Waals surface area contributed by atoms with E-state index < -0.39 is 5.82 Å². The molecule has 2 aliphatic rings. The van der Waals surface area contributed by atoms with Crippen molar-refractivity contribution in [2.24, 2.45) is 0 Å². The maximum atomic E-state index is 14.2. The highest BCUT2D eigenvalue weighted by molar-refractivity contribution is 5.95. The van der Waals surface area contributed by atoms with Gasteiger partial charge in [0.15, 0.2) is 0 Å². The third-order valence-electron chi connectivity index (χ3n) is 4.47. The molecule has 1 saturated heterocycles. The van der Waals surface area contributed by atoms with Gasteiger partial charge in [0, 0.05) is 25.2 Å². The van der Waals surface area contributed by atoms with Gasteiger partial charge in [-0.15, -0.1) is 0 Å². The molecule has 124 valence electrons. The number of fused-ring (bicyclic) bond motifs is 1. The Labute approximate surface area is 135 Å². The van der Waals surface area contributed by atoms with Gasteiger partial charge in [-0.3, -0.25) is 4.79 Å². The fourth-order valence-corrected chi connectivity index (χ4v) is 3.14. The number of hydrogen-bond acceptors (Lipinski definition) is 2. The summed E-state index contributed by atoms with van der Waals surface area (Å²) in [6.07, 6.45) is 6.43. The minimum absolute atomic E-state index is 0.102. The first-order valence-electron chi connectivity index (χ1n) is 8.32. The summed E-state index contributed by atoms with van der Waals surface area (Å²) in [5.74, 6) is -0.624. The van der Waals surface area contributed by atoms with Crippen LogP contribution >= 0.6 is 0 Å². The molecule has 0 saturated carbocycles. The second-order valence-electron chi connectivity index (χ2n) is 6.22. The summed E-state index contributed by atoms with van der Waals surface area (Å²) < 4.78 is 14.2. The molecule has 1 aromatic carbocycles. The normalized spacial score (nSPS) is 18.5. The average Bonchev–Trinajstić information content (AvgIpc) is 2.47. The van der Waals surface area contributed by atoms with Gasteiger partial charge in [-0.2, -0.15) is 0 Å². The average molecular weight is 319 g/mol. The standard InChI is InChI=1S/C17H22FN3O2/c18-13-11-14-12(6-7-16(22)19-14)10-15(13)20-17(23)21-8-4-2-1-3-5-9-21/h10-11H,1-9H2,(H,19,22)(H,20,23). The number of anilines is 2. The molecule has 2 aliphatic heterocycles. The number of likely N-dealkylation sites (tertiary alicyclic amines) is 1. The topological polar surface area (TPSA) is 61.4 Å². The number of hydrogen-bond donors (Lipinski definition) is 2. The van der Waals surface area contributed by atoms with E-state index in [1.54, 1.807) is 11.0 Å². The Hall–Kier alpha value is -2.11. The van der Waals surface area contributed by atoms with Crippen LogP contribution in [-0.4, -0.2) is 29.9 Å². The summed E-state index contributed by atoms with van der Waals surface area (Å²) in [7, 11) is 0. The number of nitrogens with zero attached hydrogens (tertiary/aromatic N) is 1. The predicted molar refractivity (Wildman–Crippen MR) is 87.0 cm³/mol. The van der Waals surface area contributed by atoms with Crippen LogP contribution in [0, 0.1) is 5.82 Å². The summed E-state index contributed by atoms with van der Waals surface area (Å²) in [6.45, 7) is 1.43. The van der Waals surface area contributed by atoms with Crippen molar-refractivity contribution in [1.29, 1.82) is 0 Å². The van der Waals surface area contributed by atoms with Crippen LogP contribution in [0.1, 0.15) is 44.1 Å². The number of halogens is 1. The molecule has 2 heterocycles. The molecule has 0 radical (unpaired) electrons. The van der Waals surface area contributed by atoms with Crippen molar-refractivity contribution >= 4 is 23.3 Å². The molecule has 0 spiro atoms. The number of carbonyl (C=O) groups excluding carboxylic acids is 2.